The molecule has 3 heterocycles. The Morgan fingerprint density at radius 1 is 1.09 bits per heavy atom. The molecule has 11 heteroatoms. The van der Waals surface area contributed by atoms with Crippen molar-refractivity contribution in [3.8, 4) is 0 Å². The number of benzene rings is 2. The number of rotatable bonds is 5. The summed E-state index contributed by atoms with van der Waals surface area (Å²) in [5.41, 5.74) is 0. The fourth-order valence-electron chi connectivity index (χ4n) is 5.12. The van der Waals surface area contributed by atoms with E-state index in [0.29, 0.717) is 37.4 Å². The Morgan fingerprint density at radius 3 is 2.68 bits per heavy atom. The Bertz CT molecular complexity index is 1280. The van der Waals surface area contributed by atoms with Crippen LogP contribution in [-0.2, 0) is 24.4 Å². The van der Waals surface area contributed by atoms with E-state index in [4.69, 9.17) is 11.6 Å². The first-order chi connectivity index (χ1) is 16.2. The normalized spacial score (nSPS) is 25.0. The van der Waals surface area contributed by atoms with Gasteiger partial charge in [0.05, 0.1) is 17.5 Å². The Kier molecular flexibility index (Phi) is 5.99. The molecule has 3 unspecified atom stereocenters. The van der Waals surface area contributed by atoms with E-state index >= 15 is 0 Å². The van der Waals surface area contributed by atoms with Gasteiger partial charge in [-0.25, -0.2) is 8.42 Å². The number of sulfonamides is 1. The maximum atomic E-state index is 13.1. The summed E-state index contributed by atoms with van der Waals surface area (Å²) in [4.78, 5) is 41.2. The van der Waals surface area contributed by atoms with Crippen molar-refractivity contribution in [1.29, 1.82) is 0 Å². The lowest BCUT2D eigenvalue weighted by Crippen LogP contribution is -2.60. The average Bonchev–Trinajstić information content (AvgIpc) is 3.15. The number of nitrogens with one attached hydrogen (secondary N) is 2. The lowest BCUT2D eigenvalue weighted by Gasteiger charge is -2.37. The van der Waals surface area contributed by atoms with Crippen LogP contribution in [0.5, 0.6) is 0 Å². The monoisotopic (exact) mass is 504 g/mol. The van der Waals surface area contributed by atoms with Crippen molar-refractivity contribution < 1.29 is 22.8 Å². The van der Waals surface area contributed by atoms with Crippen LogP contribution in [0.2, 0.25) is 5.02 Å². The first-order valence-electron chi connectivity index (χ1n) is 11.3. The molecule has 3 amide bonds. The molecule has 9 nitrogen and oxygen atoms in total. The van der Waals surface area contributed by atoms with Gasteiger partial charge < -0.3 is 15.1 Å². The predicted molar refractivity (Wildman–Crippen MR) is 126 cm³/mol. The number of carbonyl (C=O) groups is 3. The molecule has 3 aliphatic rings. The number of hydrogen-bond donors (Lipinski definition) is 2. The van der Waals surface area contributed by atoms with Crippen LogP contribution in [-0.4, -0.2) is 73.7 Å². The largest absolute Gasteiger partial charge is 0.352 e. The molecule has 3 fully saturated rings. The zero-order chi connectivity index (χ0) is 24.0. The second-order valence-electron chi connectivity index (χ2n) is 9.02. The number of piperidine rings is 1. The van der Waals surface area contributed by atoms with E-state index in [1.165, 1.54) is 11.0 Å². The summed E-state index contributed by atoms with van der Waals surface area (Å²) in [6, 6.07) is 8.39. The molecule has 3 aliphatic heterocycles. The molecule has 0 aliphatic carbocycles. The van der Waals surface area contributed by atoms with Crippen LogP contribution in [0.15, 0.2) is 41.3 Å². The molecule has 0 radical (unpaired) electrons. The van der Waals surface area contributed by atoms with Crippen LogP contribution >= 0.6 is 11.6 Å². The zero-order valence-electron chi connectivity index (χ0n) is 18.4. The van der Waals surface area contributed by atoms with Crippen LogP contribution in [0.4, 0.5) is 0 Å². The van der Waals surface area contributed by atoms with Gasteiger partial charge in [0.15, 0.2) is 0 Å². The van der Waals surface area contributed by atoms with E-state index in [2.05, 4.69) is 10.0 Å². The minimum Gasteiger partial charge on any atom is -0.352 e. The van der Waals surface area contributed by atoms with Crippen LogP contribution < -0.4 is 10.0 Å². The van der Waals surface area contributed by atoms with Crippen LogP contribution in [0.25, 0.3) is 10.8 Å². The molecular weight excluding hydrogens is 480 g/mol. The Labute approximate surface area is 202 Å². The minimum absolute atomic E-state index is 0.0489. The topological polar surface area (TPSA) is 116 Å². The number of hydrogen-bond acceptors (Lipinski definition) is 5. The van der Waals surface area contributed by atoms with Gasteiger partial charge in [0.1, 0.15) is 12.1 Å². The predicted octanol–water partition coefficient (Wildman–Crippen LogP) is 1.25. The first kappa shape index (κ1) is 23.1. The van der Waals surface area contributed by atoms with Crippen LogP contribution in [0, 0.1) is 0 Å². The number of piperazine rings is 1. The fourth-order valence-corrected chi connectivity index (χ4v) is 6.56. The van der Waals surface area contributed by atoms with Crippen molar-refractivity contribution in [2.45, 2.75) is 48.7 Å². The molecule has 0 aromatic heterocycles. The third-order valence-electron chi connectivity index (χ3n) is 6.84. The van der Waals surface area contributed by atoms with Gasteiger partial charge in [0.25, 0.3) is 0 Å². The van der Waals surface area contributed by atoms with Crippen LogP contribution in [0.3, 0.4) is 0 Å². The van der Waals surface area contributed by atoms with E-state index in [-0.39, 0.29) is 29.3 Å². The summed E-state index contributed by atoms with van der Waals surface area (Å²) >= 11 is 6.00. The SMILES string of the molecule is O=C1NCC2CCC1N2C(=O)CN1CCCC(NS(=O)(=O)c2ccc3cc(Cl)ccc3c2)C1=O. The quantitative estimate of drug-likeness (QED) is 0.636. The number of halogens is 1. The lowest BCUT2D eigenvalue weighted by molar-refractivity contribution is -0.148. The highest BCUT2D eigenvalue weighted by Gasteiger charge is 2.45. The number of likely N-dealkylation sites (tertiary alicyclic amines) is 1. The smallest absolute Gasteiger partial charge is 0.243 e. The van der Waals surface area contributed by atoms with E-state index in [0.717, 1.165) is 17.2 Å². The van der Waals surface area contributed by atoms with Gasteiger partial charge >= 0.3 is 0 Å². The maximum absolute atomic E-state index is 13.1. The summed E-state index contributed by atoms with van der Waals surface area (Å²) < 4.78 is 28.6. The molecule has 2 N–H and O–H groups in total. The van der Waals surface area contributed by atoms with Gasteiger partial charge in [-0.3, -0.25) is 14.4 Å². The van der Waals surface area contributed by atoms with E-state index in [1.807, 2.05) is 0 Å². The Balaban J connectivity index is 1.28. The molecule has 3 saturated heterocycles. The Hall–Kier alpha value is -2.69. The van der Waals surface area contributed by atoms with E-state index in [9.17, 15) is 22.8 Å². The van der Waals surface area contributed by atoms with Gasteiger partial charge in [-0.05, 0) is 60.7 Å². The van der Waals surface area contributed by atoms with Crippen molar-refractivity contribution >= 4 is 50.1 Å². The summed E-state index contributed by atoms with van der Waals surface area (Å²) in [6.07, 6.45) is 2.29. The third-order valence-corrected chi connectivity index (χ3v) is 8.55. The molecule has 5 rings (SSSR count). The molecule has 2 aromatic carbocycles. The molecule has 2 bridgehead atoms. The summed E-state index contributed by atoms with van der Waals surface area (Å²) in [5.74, 6) is -0.854. The first-order valence-corrected chi connectivity index (χ1v) is 13.2. The highest BCUT2D eigenvalue weighted by atomic mass is 35.5. The van der Waals surface area contributed by atoms with Gasteiger partial charge in [0.2, 0.25) is 27.7 Å². The third kappa shape index (κ3) is 4.25. The summed E-state index contributed by atoms with van der Waals surface area (Å²) in [7, 11) is -3.96. The van der Waals surface area contributed by atoms with Gasteiger partial charge in [0, 0.05) is 18.1 Å². The zero-order valence-corrected chi connectivity index (χ0v) is 19.9. The van der Waals surface area contributed by atoms with Crippen molar-refractivity contribution in [3.63, 3.8) is 0 Å². The maximum Gasteiger partial charge on any atom is 0.243 e. The molecule has 34 heavy (non-hydrogen) atoms. The average molecular weight is 505 g/mol. The van der Waals surface area contributed by atoms with Crippen molar-refractivity contribution in [3.05, 3.63) is 41.4 Å². The molecular formula is C23H25ClN4O5S. The van der Waals surface area contributed by atoms with Crippen molar-refractivity contribution in [2.24, 2.45) is 0 Å². The number of carbonyl (C=O) groups excluding carboxylic acids is 3. The minimum atomic E-state index is -3.96. The summed E-state index contributed by atoms with van der Waals surface area (Å²) in [6.45, 7) is 0.637. The molecule has 0 saturated carbocycles. The van der Waals surface area contributed by atoms with Gasteiger partial charge in [-0.2, -0.15) is 4.72 Å². The highest BCUT2D eigenvalue weighted by molar-refractivity contribution is 7.89. The van der Waals surface area contributed by atoms with Gasteiger partial charge in [-0.1, -0.05) is 23.7 Å². The molecule has 3 atom stereocenters. The Morgan fingerprint density at radius 2 is 1.85 bits per heavy atom. The van der Waals surface area contributed by atoms with Gasteiger partial charge in [-0.15, -0.1) is 0 Å². The second-order valence-corrected chi connectivity index (χ2v) is 11.2. The second kappa shape index (κ2) is 8.83. The van der Waals surface area contributed by atoms with E-state index in [1.54, 1.807) is 35.2 Å². The van der Waals surface area contributed by atoms with E-state index < -0.39 is 28.0 Å². The number of fused-ring (bicyclic) bond motifs is 3. The highest BCUT2D eigenvalue weighted by Crippen LogP contribution is 2.28. The fraction of sp³-hybridized carbons (Fsp3) is 0.435. The standard InChI is InChI=1S/C23H25ClN4O5S/c24-16-5-3-15-11-18(7-4-14(15)10-16)34(32,33)26-19-2-1-9-27(23(19)31)13-21(29)28-17-6-8-20(28)22(30)25-12-17/h3-5,7,10-11,17,19-20,26H,1-2,6,8-9,12-13H2,(H,25,30). The van der Waals surface area contributed by atoms with Crippen molar-refractivity contribution in [1.82, 2.24) is 19.8 Å². The van der Waals surface area contributed by atoms with Crippen molar-refractivity contribution in [2.75, 3.05) is 19.6 Å². The number of amides is 3. The molecule has 0 spiro atoms. The number of nitrogens with zero attached hydrogens (tertiary/aromatic N) is 2. The lowest BCUT2D eigenvalue weighted by atomic mass is 10.1. The molecule has 180 valence electrons. The van der Waals surface area contributed by atoms with Crippen LogP contribution in [0.1, 0.15) is 25.7 Å². The molecule has 2 aromatic rings. The summed E-state index contributed by atoms with van der Waals surface area (Å²) in [5, 5.41) is 4.89.